The molecule has 160 valence electrons. The second-order valence-corrected chi connectivity index (χ2v) is 10.2. The minimum Gasteiger partial charge on any atom is -0.463 e. The Bertz CT molecular complexity index is 549. The van der Waals surface area contributed by atoms with Crippen LogP contribution in [-0.4, -0.2) is 36.0 Å². The van der Waals surface area contributed by atoms with Crippen LogP contribution in [0.15, 0.2) is 0 Å². The summed E-state index contributed by atoms with van der Waals surface area (Å²) >= 11 is 0. The fourth-order valence-corrected chi connectivity index (χ4v) is 7.84. The number of aliphatic hydroxyl groups excluding tert-OH is 1. The van der Waals surface area contributed by atoms with Crippen LogP contribution in [0.25, 0.3) is 0 Å². The molecule has 4 aliphatic carbocycles. The van der Waals surface area contributed by atoms with E-state index in [0.29, 0.717) is 23.7 Å². The molecule has 0 aromatic carbocycles. The summed E-state index contributed by atoms with van der Waals surface area (Å²) in [4.78, 5) is 11.4. The fraction of sp³-hybridized carbons (Fsp3) is 0.958. The monoisotopic (exact) mass is 392 g/mol. The molecule has 8 atom stereocenters. The summed E-state index contributed by atoms with van der Waals surface area (Å²) in [6, 6.07) is 0. The van der Waals surface area contributed by atoms with Gasteiger partial charge in [0.25, 0.3) is 0 Å². The standard InChI is InChI=1S/C24H40O4/c1-3-12-27-24-10-5-4-6-23(24)22-13-17(15-25)21-14-18(28-16(2)26)7-8-19(21)20(22)9-11-24/h17-23,25H,3-15H2,1-2H3/t17-,18-,19+,20+,21+,22+,23-,24-/m0/s1. The van der Waals surface area contributed by atoms with Gasteiger partial charge in [-0.25, -0.2) is 0 Å². The van der Waals surface area contributed by atoms with Crippen molar-refractivity contribution in [3.63, 3.8) is 0 Å². The largest absolute Gasteiger partial charge is 0.463 e. The molecular formula is C24H40O4. The smallest absolute Gasteiger partial charge is 0.302 e. The van der Waals surface area contributed by atoms with E-state index < -0.39 is 0 Å². The summed E-state index contributed by atoms with van der Waals surface area (Å²) in [5, 5.41) is 10.3. The molecule has 28 heavy (non-hydrogen) atoms. The minimum atomic E-state index is -0.157. The van der Waals surface area contributed by atoms with Gasteiger partial charge in [-0.2, -0.15) is 0 Å². The van der Waals surface area contributed by atoms with E-state index in [1.54, 1.807) is 0 Å². The topological polar surface area (TPSA) is 55.8 Å². The van der Waals surface area contributed by atoms with Crippen LogP contribution in [0.3, 0.4) is 0 Å². The van der Waals surface area contributed by atoms with Gasteiger partial charge in [-0.3, -0.25) is 4.79 Å². The number of hydrogen-bond donors (Lipinski definition) is 1. The van der Waals surface area contributed by atoms with Gasteiger partial charge in [0.05, 0.1) is 5.60 Å². The first-order valence-electron chi connectivity index (χ1n) is 12.0. The Balaban J connectivity index is 1.53. The van der Waals surface area contributed by atoms with Crippen LogP contribution in [0.1, 0.15) is 84.5 Å². The van der Waals surface area contributed by atoms with E-state index in [2.05, 4.69) is 6.92 Å². The predicted octanol–water partition coefficient (Wildman–Crippen LogP) is 4.73. The Hall–Kier alpha value is -0.610. The van der Waals surface area contributed by atoms with Gasteiger partial charge < -0.3 is 14.6 Å². The Morgan fingerprint density at radius 3 is 2.57 bits per heavy atom. The molecule has 0 unspecified atom stereocenters. The van der Waals surface area contributed by atoms with Crippen LogP contribution in [0.5, 0.6) is 0 Å². The Kier molecular flexibility index (Phi) is 6.37. The molecule has 4 heteroatoms. The van der Waals surface area contributed by atoms with E-state index in [-0.39, 0.29) is 24.3 Å². The first kappa shape index (κ1) is 20.7. The molecule has 0 saturated heterocycles. The molecule has 0 radical (unpaired) electrons. The highest BCUT2D eigenvalue weighted by Gasteiger charge is 2.57. The molecule has 0 spiro atoms. The Morgan fingerprint density at radius 2 is 1.82 bits per heavy atom. The number of carbonyl (C=O) groups excluding carboxylic acids is 1. The van der Waals surface area contributed by atoms with Crippen LogP contribution in [-0.2, 0) is 14.3 Å². The van der Waals surface area contributed by atoms with Gasteiger partial charge >= 0.3 is 5.97 Å². The lowest BCUT2D eigenvalue weighted by molar-refractivity contribution is -0.191. The van der Waals surface area contributed by atoms with Gasteiger partial charge in [0.1, 0.15) is 6.10 Å². The number of hydrogen-bond acceptors (Lipinski definition) is 4. The number of rotatable bonds is 5. The minimum absolute atomic E-state index is 0.0644. The molecule has 0 bridgehead atoms. The van der Waals surface area contributed by atoms with Crippen LogP contribution >= 0.6 is 0 Å². The third-order valence-electron chi connectivity index (χ3n) is 8.81. The van der Waals surface area contributed by atoms with Gasteiger partial charge in [-0.1, -0.05) is 19.8 Å². The molecule has 4 rings (SSSR count). The van der Waals surface area contributed by atoms with Crippen molar-refractivity contribution >= 4 is 5.97 Å². The van der Waals surface area contributed by atoms with Crippen LogP contribution in [0, 0.1) is 35.5 Å². The molecule has 0 aliphatic heterocycles. The second-order valence-electron chi connectivity index (χ2n) is 10.2. The Morgan fingerprint density at radius 1 is 1.00 bits per heavy atom. The maximum absolute atomic E-state index is 11.4. The lowest BCUT2D eigenvalue weighted by Gasteiger charge is -2.60. The van der Waals surface area contributed by atoms with Crippen LogP contribution < -0.4 is 0 Å². The number of esters is 1. The third kappa shape index (κ3) is 3.76. The molecule has 0 heterocycles. The summed E-state index contributed by atoms with van der Waals surface area (Å²) in [5.41, 5.74) is 0.122. The normalized spacial score (nSPS) is 45.5. The lowest BCUT2D eigenvalue weighted by atomic mass is 9.48. The van der Waals surface area contributed by atoms with Crippen LogP contribution in [0.4, 0.5) is 0 Å². The highest BCUT2D eigenvalue weighted by atomic mass is 16.5. The zero-order chi connectivity index (χ0) is 19.7. The quantitative estimate of drug-likeness (QED) is 0.687. The van der Waals surface area contributed by atoms with E-state index >= 15 is 0 Å². The maximum atomic E-state index is 11.4. The molecule has 4 fully saturated rings. The molecule has 4 aliphatic rings. The third-order valence-corrected chi connectivity index (χ3v) is 8.81. The zero-order valence-electron chi connectivity index (χ0n) is 17.9. The average molecular weight is 393 g/mol. The molecule has 0 aromatic rings. The predicted molar refractivity (Wildman–Crippen MR) is 109 cm³/mol. The van der Waals surface area contributed by atoms with Crippen molar-refractivity contribution in [1.82, 2.24) is 0 Å². The Labute approximate surface area is 170 Å². The van der Waals surface area contributed by atoms with Crippen molar-refractivity contribution in [2.75, 3.05) is 13.2 Å². The maximum Gasteiger partial charge on any atom is 0.302 e. The van der Waals surface area contributed by atoms with E-state index in [4.69, 9.17) is 9.47 Å². The van der Waals surface area contributed by atoms with Crippen molar-refractivity contribution in [3.8, 4) is 0 Å². The van der Waals surface area contributed by atoms with Gasteiger partial charge in [0.15, 0.2) is 0 Å². The summed E-state index contributed by atoms with van der Waals surface area (Å²) in [7, 11) is 0. The molecule has 0 amide bonds. The highest BCUT2D eigenvalue weighted by molar-refractivity contribution is 5.66. The van der Waals surface area contributed by atoms with Crippen LogP contribution in [0.2, 0.25) is 0 Å². The summed E-state index contributed by atoms with van der Waals surface area (Å²) in [5.74, 6) is 3.63. The van der Waals surface area contributed by atoms with Crippen molar-refractivity contribution in [1.29, 1.82) is 0 Å². The van der Waals surface area contributed by atoms with E-state index in [1.807, 2.05) is 0 Å². The summed E-state index contributed by atoms with van der Waals surface area (Å²) in [6.45, 7) is 4.92. The lowest BCUT2D eigenvalue weighted by Crippen LogP contribution is -2.57. The molecule has 0 aromatic heterocycles. The number of fused-ring (bicyclic) bond motifs is 5. The van der Waals surface area contributed by atoms with Crippen molar-refractivity contribution in [2.24, 2.45) is 35.5 Å². The average Bonchev–Trinajstić information content (AvgIpc) is 2.70. The van der Waals surface area contributed by atoms with E-state index in [1.165, 1.54) is 45.4 Å². The van der Waals surface area contributed by atoms with Crippen molar-refractivity contribution in [3.05, 3.63) is 0 Å². The van der Waals surface area contributed by atoms with E-state index in [9.17, 15) is 9.90 Å². The summed E-state index contributed by atoms with van der Waals surface area (Å²) in [6.07, 6.45) is 13.2. The fourth-order valence-electron chi connectivity index (χ4n) is 7.84. The summed E-state index contributed by atoms with van der Waals surface area (Å²) < 4.78 is 12.2. The first-order chi connectivity index (χ1) is 13.6. The van der Waals surface area contributed by atoms with E-state index in [0.717, 1.165) is 50.5 Å². The van der Waals surface area contributed by atoms with Crippen molar-refractivity contribution < 1.29 is 19.4 Å². The number of carbonyl (C=O) groups is 1. The molecule has 4 nitrogen and oxygen atoms in total. The molecule has 1 N–H and O–H groups in total. The molecule has 4 saturated carbocycles. The van der Waals surface area contributed by atoms with Crippen molar-refractivity contribution in [2.45, 2.75) is 96.2 Å². The zero-order valence-corrected chi connectivity index (χ0v) is 17.9. The van der Waals surface area contributed by atoms with Gasteiger partial charge in [-0.05, 0) is 93.3 Å². The molecular weight excluding hydrogens is 352 g/mol. The first-order valence-corrected chi connectivity index (χ1v) is 12.0. The number of aliphatic hydroxyl groups is 1. The van der Waals surface area contributed by atoms with Gasteiger partial charge in [0.2, 0.25) is 0 Å². The van der Waals surface area contributed by atoms with Gasteiger partial charge in [0, 0.05) is 20.1 Å². The number of ether oxygens (including phenoxy) is 2. The second kappa shape index (κ2) is 8.63. The highest BCUT2D eigenvalue weighted by Crippen LogP contribution is 2.60. The van der Waals surface area contributed by atoms with Gasteiger partial charge in [-0.15, -0.1) is 0 Å². The SMILES string of the molecule is CCCO[C@]12CCCC[C@H]1[C@@H]1C[C@@H](CO)[C@H]3C[C@@H](OC(C)=O)CC[C@@H]3[C@H]1CC2.